The van der Waals surface area contributed by atoms with Gasteiger partial charge in [-0.25, -0.2) is 4.79 Å². The third kappa shape index (κ3) is 5.88. The van der Waals surface area contributed by atoms with Gasteiger partial charge in [-0.1, -0.05) is 24.3 Å². The number of halogens is 1. The minimum Gasteiger partial charge on any atom is -0.356 e. The topological polar surface area (TPSA) is 73.5 Å². The minimum atomic E-state index is -0.0845. The zero-order valence-electron chi connectivity index (χ0n) is 15.1. The molecule has 1 aromatic rings. The number of amides is 3. The van der Waals surface area contributed by atoms with Gasteiger partial charge in [-0.15, -0.1) is 12.4 Å². The highest BCUT2D eigenvalue weighted by molar-refractivity contribution is 5.85. The van der Waals surface area contributed by atoms with Gasteiger partial charge in [0.15, 0.2) is 0 Å². The van der Waals surface area contributed by atoms with E-state index < -0.39 is 0 Å². The lowest BCUT2D eigenvalue weighted by atomic mass is 10.00. The molecule has 0 bridgehead atoms. The van der Waals surface area contributed by atoms with Crippen molar-refractivity contribution >= 4 is 24.3 Å². The van der Waals surface area contributed by atoms with Crippen LogP contribution in [0.5, 0.6) is 0 Å². The van der Waals surface area contributed by atoms with Crippen LogP contribution in [0.25, 0.3) is 0 Å². The van der Waals surface area contributed by atoms with Crippen LogP contribution in [0.4, 0.5) is 4.79 Å². The molecule has 3 N–H and O–H groups in total. The summed E-state index contributed by atoms with van der Waals surface area (Å²) in [7, 11) is 0. The summed E-state index contributed by atoms with van der Waals surface area (Å²) in [5.74, 6) is 0.538. The first-order chi connectivity index (χ1) is 12.2. The standard InChI is InChI=1S/C19H28N4O2.ClH/c24-18(22-13-15-4-3-9-20-12-15)7-10-21-19(25)23-11-8-16-5-1-2-6-17(16)14-23;/h1-2,5-6,15,20H,3-4,7-14H2,(H,21,25)(H,22,24);1H. The molecule has 3 rings (SSSR count). The fourth-order valence-corrected chi connectivity index (χ4v) is 3.51. The molecule has 1 saturated heterocycles. The number of nitrogens with one attached hydrogen (secondary N) is 3. The molecule has 1 unspecified atom stereocenters. The van der Waals surface area contributed by atoms with E-state index in [4.69, 9.17) is 0 Å². The molecule has 26 heavy (non-hydrogen) atoms. The summed E-state index contributed by atoms with van der Waals surface area (Å²) in [6.45, 7) is 4.53. The quantitative estimate of drug-likeness (QED) is 0.727. The molecule has 0 radical (unpaired) electrons. The molecule has 0 saturated carbocycles. The highest BCUT2D eigenvalue weighted by Gasteiger charge is 2.20. The van der Waals surface area contributed by atoms with Crippen molar-refractivity contribution in [3.8, 4) is 0 Å². The summed E-state index contributed by atoms with van der Waals surface area (Å²) in [4.78, 5) is 26.0. The van der Waals surface area contributed by atoms with Gasteiger partial charge < -0.3 is 20.9 Å². The van der Waals surface area contributed by atoms with Crippen LogP contribution in [0.2, 0.25) is 0 Å². The molecule has 2 heterocycles. The third-order valence-electron chi connectivity index (χ3n) is 5.03. The van der Waals surface area contributed by atoms with Gasteiger partial charge in [0.1, 0.15) is 0 Å². The highest BCUT2D eigenvalue weighted by Crippen LogP contribution is 2.18. The number of piperidine rings is 1. The van der Waals surface area contributed by atoms with Crippen LogP contribution in [0, 0.1) is 5.92 Å². The third-order valence-corrected chi connectivity index (χ3v) is 5.03. The maximum Gasteiger partial charge on any atom is 0.317 e. The Morgan fingerprint density at radius 1 is 1.19 bits per heavy atom. The van der Waals surface area contributed by atoms with Gasteiger partial charge in [0, 0.05) is 32.6 Å². The normalized spacial score (nSPS) is 19.1. The summed E-state index contributed by atoms with van der Waals surface area (Å²) >= 11 is 0. The number of hydrogen-bond acceptors (Lipinski definition) is 3. The highest BCUT2D eigenvalue weighted by atomic mass is 35.5. The van der Waals surface area contributed by atoms with Crippen LogP contribution in [-0.4, -0.2) is 49.6 Å². The van der Waals surface area contributed by atoms with Crippen molar-refractivity contribution in [2.45, 2.75) is 32.2 Å². The Kier molecular flexibility index (Phi) is 8.19. The molecule has 0 spiro atoms. The van der Waals surface area contributed by atoms with E-state index in [0.29, 0.717) is 25.4 Å². The van der Waals surface area contributed by atoms with E-state index in [1.807, 2.05) is 17.0 Å². The monoisotopic (exact) mass is 380 g/mol. The van der Waals surface area contributed by atoms with E-state index in [9.17, 15) is 9.59 Å². The van der Waals surface area contributed by atoms with Crippen molar-refractivity contribution in [3.05, 3.63) is 35.4 Å². The lowest BCUT2D eigenvalue weighted by Gasteiger charge is -2.29. The van der Waals surface area contributed by atoms with E-state index in [0.717, 1.165) is 32.6 Å². The number of nitrogens with zero attached hydrogens (tertiary/aromatic N) is 1. The van der Waals surface area contributed by atoms with Crippen molar-refractivity contribution in [3.63, 3.8) is 0 Å². The van der Waals surface area contributed by atoms with Crippen molar-refractivity contribution < 1.29 is 9.59 Å². The lowest BCUT2D eigenvalue weighted by molar-refractivity contribution is -0.121. The van der Waals surface area contributed by atoms with Crippen molar-refractivity contribution in [1.29, 1.82) is 0 Å². The molecule has 7 heteroatoms. The fourth-order valence-electron chi connectivity index (χ4n) is 3.51. The van der Waals surface area contributed by atoms with Gasteiger partial charge in [-0.3, -0.25) is 4.79 Å². The van der Waals surface area contributed by atoms with E-state index in [-0.39, 0.29) is 24.3 Å². The van der Waals surface area contributed by atoms with Gasteiger partial charge in [0.2, 0.25) is 5.91 Å². The van der Waals surface area contributed by atoms with Crippen LogP contribution in [-0.2, 0) is 17.8 Å². The molecule has 0 aliphatic carbocycles. The average molecular weight is 381 g/mol. The number of benzene rings is 1. The Labute approximate surface area is 161 Å². The Morgan fingerprint density at radius 2 is 2.00 bits per heavy atom. The SMILES string of the molecule is Cl.O=C(CCNC(=O)N1CCc2ccccc2C1)NCC1CCCNC1. The number of urea groups is 1. The smallest absolute Gasteiger partial charge is 0.317 e. The fraction of sp³-hybridized carbons (Fsp3) is 0.579. The molecule has 2 aliphatic rings. The van der Waals surface area contributed by atoms with Crippen molar-refractivity contribution in [1.82, 2.24) is 20.9 Å². The van der Waals surface area contributed by atoms with E-state index >= 15 is 0 Å². The van der Waals surface area contributed by atoms with Crippen LogP contribution in [0.15, 0.2) is 24.3 Å². The number of fused-ring (bicyclic) bond motifs is 1. The van der Waals surface area contributed by atoms with Crippen LogP contribution >= 0.6 is 12.4 Å². The van der Waals surface area contributed by atoms with Gasteiger partial charge in [0.05, 0.1) is 0 Å². The first-order valence-corrected chi connectivity index (χ1v) is 9.29. The Bertz CT molecular complexity index is 605. The number of carbonyl (C=O) groups is 2. The molecule has 3 amide bonds. The Balaban J connectivity index is 0.00000243. The van der Waals surface area contributed by atoms with Crippen molar-refractivity contribution in [2.75, 3.05) is 32.7 Å². The molecule has 0 aromatic heterocycles. The Hall–Kier alpha value is -1.79. The molecule has 1 atom stereocenters. The summed E-state index contributed by atoms with van der Waals surface area (Å²) in [6.07, 6.45) is 3.56. The van der Waals surface area contributed by atoms with Crippen molar-refractivity contribution in [2.24, 2.45) is 5.92 Å². The average Bonchev–Trinajstić information content (AvgIpc) is 2.66. The molecule has 1 fully saturated rings. The minimum absolute atomic E-state index is 0. The van der Waals surface area contributed by atoms with E-state index in [1.54, 1.807) is 0 Å². The summed E-state index contributed by atoms with van der Waals surface area (Å²) in [5, 5.41) is 9.19. The Morgan fingerprint density at radius 3 is 2.77 bits per heavy atom. The predicted molar refractivity (Wildman–Crippen MR) is 104 cm³/mol. The number of carbonyl (C=O) groups excluding carboxylic acids is 2. The zero-order chi connectivity index (χ0) is 17.5. The van der Waals surface area contributed by atoms with Crippen LogP contribution in [0.3, 0.4) is 0 Å². The van der Waals surface area contributed by atoms with E-state index in [1.165, 1.54) is 24.0 Å². The molecule has 2 aliphatic heterocycles. The van der Waals surface area contributed by atoms with Gasteiger partial charge >= 0.3 is 6.03 Å². The second kappa shape index (κ2) is 10.4. The molecule has 144 valence electrons. The predicted octanol–water partition coefficient (Wildman–Crippen LogP) is 1.68. The number of rotatable bonds is 5. The lowest BCUT2D eigenvalue weighted by Crippen LogP contribution is -2.44. The summed E-state index contributed by atoms with van der Waals surface area (Å²) < 4.78 is 0. The molecule has 6 nitrogen and oxygen atoms in total. The summed E-state index contributed by atoms with van der Waals surface area (Å²) in [6, 6.07) is 8.15. The first kappa shape index (κ1) is 20.5. The molecular weight excluding hydrogens is 352 g/mol. The van der Waals surface area contributed by atoms with Crippen LogP contribution in [0.1, 0.15) is 30.4 Å². The molecule has 1 aromatic carbocycles. The molecular formula is C19H29ClN4O2. The second-order valence-electron chi connectivity index (χ2n) is 6.94. The first-order valence-electron chi connectivity index (χ1n) is 9.29. The van der Waals surface area contributed by atoms with Gasteiger partial charge in [0.25, 0.3) is 0 Å². The van der Waals surface area contributed by atoms with Crippen LogP contribution < -0.4 is 16.0 Å². The second-order valence-corrected chi connectivity index (χ2v) is 6.94. The summed E-state index contributed by atoms with van der Waals surface area (Å²) in [5.41, 5.74) is 2.53. The number of hydrogen-bond donors (Lipinski definition) is 3. The van der Waals surface area contributed by atoms with Gasteiger partial charge in [-0.2, -0.15) is 0 Å². The zero-order valence-corrected chi connectivity index (χ0v) is 15.9. The van der Waals surface area contributed by atoms with Gasteiger partial charge in [-0.05, 0) is 49.4 Å². The maximum atomic E-state index is 12.3. The maximum absolute atomic E-state index is 12.3. The van der Waals surface area contributed by atoms with E-state index in [2.05, 4.69) is 28.1 Å². The largest absolute Gasteiger partial charge is 0.356 e.